The highest BCUT2D eigenvalue weighted by atomic mass is 35.5. The monoisotopic (exact) mass is 335 g/mol. The van der Waals surface area contributed by atoms with E-state index >= 15 is 0 Å². The number of imide groups is 1. The van der Waals surface area contributed by atoms with Crippen LogP contribution in [0.15, 0.2) is 24.3 Å². The van der Waals surface area contributed by atoms with Gasteiger partial charge in [-0.3, -0.25) is 14.9 Å². The first-order chi connectivity index (χ1) is 10.9. The summed E-state index contributed by atoms with van der Waals surface area (Å²) in [4.78, 5) is 37.6. The summed E-state index contributed by atoms with van der Waals surface area (Å²) in [7, 11) is 0. The molecule has 6 nitrogen and oxygen atoms in total. The lowest BCUT2D eigenvalue weighted by Gasteiger charge is -2.38. The summed E-state index contributed by atoms with van der Waals surface area (Å²) in [6.07, 6.45) is 1.34. The fraction of sp³-hybridized carbons (Fsp3) is 0.438. The number of likely N-dealkylation sites (tertiary alicyclic amines) is 1. The van der Waals surface area contributed by atoms with Crippen molar-refractivity contribution in [2.24, 2.45) is 5.92 Å². The Bertz CT molecular complexity index is 653. The molecule has 1 aromatic rings. The van der Waals surface area contributed by atoms with Gasteiger partial charge < -0.3 is 10.2 Å². The normalized spacial score (nSPS) is 25.2. The van der Waals surface area contributed by atoms with Gasteiger partial charge in [0.1, 0.15) is 5.54 Å². The van der Waals surface area contributed by atoms with Crippen molar-refractivity contribution in [2.75, 3.05) is 13.1 Å². The molecule has 0 saturated carbocycles. The number of rotatable bonds is 2. The zero-order chi connectivity index (χ0) is 16.6. The Hall–Kier alpha value is -2.08. The first kappa shape index (κ1) is 15.8. The molecule has 3 rings (SSSR count). The lowest BCUT2D eigenvalue weighted by molar-refractivity contribution is -0.125. The number of urea groups is 1. The molecule has 2 fully saturated rings. The van der Waals surface area contributed by atoms with Crippen LogP contribution >= 0.6 is 11.6 Å². The van der Waals surface area contributed by atoms with E-state index in [-0.39, 0.29) is 17.7 Å². The molecule has 23 heavy (non-hydrogen) atoms. The van der Waals surface area contributed by atoms with Gasteiger partial charge in [0, 0.05) is 23.7 Å². The van der Waals surface area contributed by atoms with Crippen molar-refractivity contribution in [3.8, 4) is 0 Å². The number of benzene rings is 1. The van der Waals surface area contributed by atoms with Gasteiger partial charge in [0.05, 0.1) is 0 Å². The predicted molar refractivity (Wildman–Crippen MR) is 85.2 cm³/mol. The Kier molecular flexibility index (Phi) is 4.02. The largest absolute Gasteiger partial charge is 0.339 e. The molecule has 4 amide bonds. The quantitative estimate of drug-likeness (QED) is 0.809. The van der Waals surface area contributed by atoms with E-state index in [4.69, 9.17) is 11.6 Å². The molecule has 0 radical (unpaired) electrons. The second-order valence-corrected chi connectivity index (χ2v) is 6.62. The summed E-state index contributed by atoms with van der Waals surface area (Å²) < 4.78 is 0. The van der Waals surface area contributed by atoms with Crippen LogP contribution in [0.4, 0.5) is 4.79 Å². The van der Waals surface area contributed by atoms with E-state index in [1.165, 1.54) is 0 Å². The molecule has 2 heterocycles. The molecule has 122 valence electrons. The number of hydrogen-bond donors (Lipinski definition) is 2. The summed E-state index contributed by atoms with van der Waals surface area (Å²) in [5.41, 5.74) is -0.280. The summed E-state index contributed by atoms with van der Waals surface area (Å²) >= 11 is 5.84. The van der Waals surface area contributed by atoms with Crippen molar-refractivity contribution in [1.29, 1.82) is 0 Å². The number of halogens is 1. The van der Waals surface area contributed by atoms with Gasteiger partial charge in [-0.05, 0) is 49.9 Å². The minimum Gasteiger partial charge on any atom is -0.339 e. The Morgan fingerprint density at radius 1 is 1.22 bits per heavy atom. The first-order valence-electron chi connectivity index (χ1n) is 7.58. The molecule has 2 aliphatic rings. The lowest BCUT2D eigenvalue weighted by atomic mass is 9.79. The smallest absolute Gasteiger partial charge is 0.322 e. The Morgan fingerprint density at radius 2 is 1.83 bits per heavy atom. The number of carbonyl (C=O) groups excluding carboxylic acids is 3. The topological polar surface area (TPSA) is 78.5 Å². The van der Waals surface area contributed by atoms with Crippen molar-refractivity contribution in [2.45, 2.75) is 25.3 Å². The molecule has 0 spiro atoms. The average molecular weight is 336 g/mol. The molecular formula is C16H18ClN3O3. The van der Waals surface area contributed by atoms with Gasteiger partial charge in [-0.1, -0.05) is 11.6 Å². The van der Waals surface area contributed by atoms with E-state index in [1.807, 2.05) is 0 Å². The third kappa shape index (κ3) is 2.91. The average Bonchev–Trinajstić information content (AvgIpc) is 2.81. The van der Waals surface area contributed by atoms with Crippen LogP contribution in [-0.4, -0.2) is 41.4 Å². The summed E-state index contributed by atoms with van der Waals surface area (Å²) in [6.45, 7) is 2.87. The molecule has 0 aliphatic carbocycles. The van der Waals surface area contributed by atoms with Gasteiger partial charge in [0.15, 0.2) is 0 Å². The Labute approximate surface area is 139 Å². The van der Waals surface area contributed by atoms with Crippen LogP contribution in [0, 0.1) is 5.92 Å². The number of nitrogens with one attached hydrogen (secondary N) is 2. The van der Waals surface area contributed by atoms with E-state index in [2.05, 4.69) is 10.6 Å². The highest BCUT2D eigenvalue weighted by Gasteiger charge is 2.48. The SMILES string of the molecule is CC1(C2CCN(C(=O)c3ccc(Cl)cc3)CC2)NC(=O)NC1=O. The molecule has 7 heteroatoms. The van der Waals surface area contributed by atoms with E-state index < -0.39 is 11.6 Å². The van der Waals surface area contributed by atoms with Gasteiger partial charge >= 0.3 is 6.03 Å². The lowest BCUT2D eigenvalue weighted by Crippen LogP contribution is -2.54. The van der Waals surface area contributed by atoms with Gasteiger partial charge in [-0.25, -0.2) is 4.79 Å². The second kappa shape index (κ2) is 5.85. The molecule has 1 atom stereocenters. The van der Waals surface area contributed by atoms with Crippen molar-refractivity contribution in [3.63, 3.8) is 0 Å². The molecule has 1 unspecified atom stereocenters. The zero-order valence-electron chi connectivity index (χ0n) is 12.8. The molecule has 0 bridgehead atoms. The van der Waals surface area contributed by atoms with Crippen LogP contribution in [0.3, 0.4) is 0 Å². The summed E-state index contributed by atoms with van der Waals surface area (Å²) in [5, 5.41) is 5.60. The molecular weight excluding hydrogens is 318 g/mol. The van der Waals surface area contributed by atoms with Crippen LogP contribution < -0.4 is 10.6 Å². The van der Waals surface area contributed by atoms with Crippen molar-refractivity contribution in [3.05, 3.63) is 34.9 Å². The van der Waals surface area contributed by atoms with Gasteiger partial charge in [-0.15, -0.1) is 0 Å². The molecule has 2 aliphatic heterocycles. The van der Waals surface area contributed by atoms with Crippen molar-refractivity contribution < 1.29 is 14.4 Å². The summed E-state index contributed by atoms with van der Waals surface area (Å²) in [5.74, 6) is -0.307. The van der Waals surface area contributed by atoms with Crippen LogP contribution in [0.2, 0.25) is 5.02 Å². The van der Waals surface area contributed by atoms with Gasteiger partial charge in [0.25, 0.3) is 11.8 Å². The molecule has 2 N–H and O–H groups in total. The van der Waals surface area contributed by atoms with Gasteiger partial charge in [0.2, 0.25) is 0 Å². The first-order valence-corrected chi connectivity index (χ1v) is 7.96. The third-order valence-corrected chi connectivity index (χ3v) is 5.01. The van der Waals surface area contributed by atoms with Crippen LogP contribution in [0.25, 0.3) is 0 Å². The Morgan fingerprint density at radius 3 is 2.35 bits per heavy atom. The van der Waals surface area contributed by atoms with E-state index in [1.54, 1.807) is 36.1 Å². The van der Waals surface area contributed by atoms with E-state index in [9.17, 15) is 14.4 Å². The summed E-state index contributed by atoms with van der Waals surface area (Å²) in [6, 6.07) is 6.37. The van der Waals surface area contributed by atoms with Crippen LogP contribution in [-0.2, 0) is 4.79 Å². The standard InChI is InChI=1S/C16H18ClN3O3/c1-16(14(22)18-15(23)19-16)11-6-8-20(9-7-11)13(21)10-2-4-12(17)5-3-10/h2-5,11H,6-9H2,1H3,(H2,18,19,22,23). The number of nitrogens with zero attached hydrogens (tertiary/aromatic N) is 1. The van der Waals surface area contributed by atoms with E-state index in [0.29, 0.717) is 36.5 Å². The van der Waals surface area contributed by atoms with Crippen molar-refractivity contribution in [1.82, 2.24) is 15.5 Å². The highest BCUT2D eigenvalue weighted by molar-refractivity contribution is 6.30. The minimum absolute atomic E-state index is 0.0169. The number of amides is 4. The fourth-order valence-electron chi connectivity index (χ4n) is 3.28. The molecule has 0 aromatic heterocycles. The third-order valence-electron chi connectivity index (χ3n) is 4.76. The highest BCUT2D eigenvalue weighted by Crippen LogP contribution is 2.31. The Balaban J connectivity index is 1.64. The number of piperidine rings is 1. The molecule has 2 saturated heterocycles. The maximum absolute atomic E-state index is 12.5. The number of carbonyl (C=O) groups is 3. The van der Waals surface area contributed by atoms with Crippen LogP contribution in [0.5, 0.6) is 0 Å². The maximum atomic E-state index is 12.5. The fourth-order valence-corrected chi connectivity index (χ4v) is 3.41. The zero-order valence-corrected chi connectivity index (χ0v) is 13.5. The number of hydrogen-bond acceptors (Lipinski definition) is 3. The van der Waals surface area contributed by atoms with Crippen molar-refractivity contribution >= 4 is 29.4 Å². The molecule has 1 aromatic carbocycles. The minimum atomic E-state index is -0.882. The maximum Gasteiger partial charge on any atom is 0.322 e. The van der Waals surface area contributed by atoms with E-state index in [0.717, 1.165) is 0 Å². The van der Waals surface area contributed by atoms with Gasteiger partial charge in [-0.2, -0.15) is 0 Å². The van der Waals surface area contributed by atoms with Crippen LogP contribution in [0.1, 0.15) is 30.1 Å². The second-order valence-electron chi connectivity index (χ2n) is 6.18. The predicted octanol–water partition coefficient (Wildman–Crippen LogP) is 1.79.